The third-order valence-electron chi connectivity index (χ3n) is 3.91. The molecule has 0 fully saturated rings. The fraction of sp³-hybridized carbons (Fsp3) is 0.100. The Morgan fingerprint density at radius 3 is 2.69 bits per heavy atom. The Labute approximate surface area is 163 Å². The minimum Gasteiger partial charge on any atom is -0.417 e. The van der Waals surface area contributed by atoms with E-state index in [-0.39, 0.29) is 18.0 Å². The van der Waals surface area contributed by atoms with Gasteiger partial charge in [-0.15, -0.1) is 0 Å². The van der Waals surface area contributed by atoms with Crippen LogP contribution < -0.4 is 10.1 Å². The summed E-state index contributed by atoms with van der Waals surface area (Å²) in [5.74, 6) is -1.69. The van der Waals surface area contributed by atoms with Crippen LogP contribution >= 0.6 is 0 Å². The summed E-state index contributed by atoms with van der Waals surface area (Å²) >= 11 is 0. The molecule has 3 aromatic rings. The number of aldehydes is 1. The third kappa shape index (κ3) is 4.95. The quantitative estimate of drug-likeness (QED) is 0.612. The first-order chi connectivity index (χ1) is 14.0. The largest absolute Gasteiger partial charge is 0.417 e. The van der Waals surface area contributed by atoms with E-state index in [4.69, 9.17) is 0 Å². The molecule has 0 aliphatic carbocycles. The van der Waals surface area contributed by atoms with Crippen molar-refractivity contribution >= 4 is 12.2 Å². The first-order valence-corrected chi connectivity index (χ1v) is 8.36. The number of ether oxygens (including phenoxy) is 1. The molecule has 1 amide bonds. The average Bonchev–Trinajstić information content (AvgIpc) is 2.73. The molecule has 3 rings (SSSR count). The van der Waals surface area contributed by atoms with Gasteiger partial charge in [-0.1, -0.05) is 6.07 Å². The number of carbonyl (C=O) groups excluding carboxylic acids is 2. The van der Waals surface area contributed by atoms with Crippen molar-refractivity contribution in [2.75, 3.05) is 0 Å². The smallest absolute Gasteiger partial charge is 0.388 e. The van der Waals surface area contributed by atoms with Crippen molar-refractivity contribution in [2.24, 2.45) is 0 Å². The van der Waals surface area contributed by atoms with E-state index in [9.17, 15) is 22.8 Å². The number of hydrogen-bond acceptors (Lipinski definition) is 5. The van der Waals surface area contributed by atoms with E-state index in [1.54, 1.807) is 12.1 Å². The monoisotopic (exact) mass is 401 g/mol. The van der Waals surface area contributed by atoms with Gasteiger partial charge >= 0.3 is 6.61 Å². The molecular formula is C20H14F3N3O3. The Morgan fingerprint density at radius 1 is 1.17 bits per heavy atom. The Hall–Kier alpha value is -3.75. The molecule has 0 spiro atoms. The number of alkyl halides is 2. The highest BCUT2D eigenvalue weighted by Crippen LogP contribution is 2.23. The Bertz CT molecular complexity index is 1030. The van der Waals surface area contributed by atoms with E-state index in [0.717, 1.165) is 6.07 Å². The van der Waals surface area contributed by atoms with E-state index in [2.05, 4.69) is 20.0 Å². The molecule has 6 nitrogen and oxygen atoms in total. The molecule has 0 aliphatic rings. The van der Waals surface area contributed by atoms with Gasteiger partial charge in [-0.2, -0.15) is 8.78 Å². The third-order valence-corrected chi connectivity index (χ3v) is 3.91. The summed E-state index contributed by atoms with van der Waals surface area (Å²) in [6.45, 7) is -2.99. The van der Waals surface area contributed by atoms with Gasteiger partial charge in [0.05, 0.1) is 11.3 Å². The molecular weight excluding hydrogens is 387 g/mol. The maximum absolute atomic E-state index is 14.2. The number of pyridine rings is 2. The molecule has 1 N–H and O–H groups in total. The van der Waals surface area contributed by atoms with Crippen LogP contribution in [-0.2, 0) is 6.54 Å². The first-order valence-electron chi connectivity index (χ1n) is 8.36. The lowest BCUT2D eigenvalue weighted by atomic mass is 10.0. The fourth-order valence-corrected chi connectivity index (χ4v) is 2.55. The predicted octanol–water partition coefficient (Wildman–Crippen LogP) is 3.63. The summed E-state index contributed by atoms with van der Waals surface area (Å²) in [4.78, 5) is 31.4. The molecule has 0 unspecified atom stereocenters. The van der Waals surface area contributed by atoms with Crippen LogP contribution in [-0.4, -0.2) is 28.8 Å². The molecule has 9 heteroatoms. The molecule has 0 saturated heterocycles. The lowest BCUT2D eigenvalue weighted by Gasteiger charge is -2.09. The van der Waals surface area contributed by atoms with E-state index in [1.165, 1.54) is 36.7 Å². The lowest BCUT2D eigenvalue weighted by Crippen LogP contribution is -2.24. The Kier molecular flexibility index (Phi) is 6.18. The van der Waals surface area contributed by atoms with Crippen LogP contribution in [0.1, 0.15) is 26.3 Å². The molecule has 0 atom stereocenters. The molecule has 0 aliphatic heterocycles. The number of aromatic nitrogens is 2. The van der Waals surface area contributed by atoms with Crippen LogP contribution in [0.15, 0.2) is 54.9 Å². The van der Waals surface area contributed by atoms with Crippen LogP contribution in [0.3, 0.4) is 0 Å². The average molecular weight is 401 g/mol. The number of nitrogens with one attached hydrogen (secondary N) is 1. The van der Waals surface area contributed by atoms with E-state index < -0.39 is 18.3 Å². The number of carbonyl (C=O) groups is 2. The number of hydrogen-bond donors (Lipinski definition) is 1. The highest BCUT2D eigenvalue weighted by molar-refractivity contribution is 5.96. The summed E-state index contributed by atoms with van der Waals surface area (Å²) in [6.07, 6.45) is 3.37. The molecule has 29 heavy (non-hydrogen) atoms. The van der Waals surface area contributed by atoms with Gasteiger partial charge in [0.15, 0.2) is 6.29 Å². The highest BCUT2D eigenvalue weighted by atomic mass is 19.3. The number of nitrogens with zero attached hydrogens (tertiary/aromatic N) is 2. The van der Waals surface area contributed by atoms with Crippen LogP contribution in [0.4, 0.5) is 13.2 Å². The zero-order valence-electron chi connectivity index (χ0n) is 14.8. The zero-order chi connectivity index (χ0) is 20.8. The highest BCUT2D eigenvalue weighted by Gasteiger charge is 2.15. The standard InChI is InChI=1S/C20H14F3N3O3/c21-16-5-4-13(18-14(11-27)2-1-7-24-18)8-15(16)19(28)26-10-12-3-6-17(25-9-12)29-20(22)23/h1-9,11,20H,10H2,(H,26,28). The fourth-order valence-electron chi connectivity index (χ4n) is 2.55. The van der Waals surface area contributed by atoms with Crippen molar-refractivity contribution < 1.29 is 27.5 Å². The number of benzene rings is 1. The molecule has 148 valence electrons. The minimum absolute atomic E-state index is 0.00632. The molecule has 1 aromatic carbocycles. The molecule has 2 heterocycles. The van der Waals surface area contributed by atoms with Crippen molar-refractivity contribution in [1.82, 2.24) is 15.3 Å². The SMILES string of the molecule is O=Cc1cccnc1-c1ccc(F)c(C(=O)NCc2ccc(OC(F)F)nc2)c1. The summed E-state index contributed by atoms with van der Waals surface area (Å²) in [7, 11) is 0. The van der Waals surface area contributed by atoms with Gasteiger partial charge in [0, 0.05) is 36.1 Å². The molecule has 0 bridgehead atoms. The van der Waals surface area contributed by atoms with Gasteiger partial charge in [-0.25, -0.2) is 9.37 Å². The van der Waals surface area contributed by atoms with Gasteiger partial charge in [0.1, 0.15) is 5.82 Å². The van der Waals surface area contributed by atoms with Crippen molar-refractivity contribution in [2.45, 2.75) is 13.2 Å². The van der Waals surface area contributed by atoms with E-state index in [1.807, 2.05) is 0 Å². The number of amides is 1. The Balaban J connectivity index is 1.75. The Morgan fingerprint density at radius 2 is 2.00 bits per heavy atom. The van der Waals surface area contributed by atoms with E-state index in [0.29, 0.717) is 28.7 Å². The lowest BCUT2D eigenvalue weighted by molar-refractivity contribution is -0.0528. The second kappa shape index (κ2) is 8.96. The zero-order valence-corrected chi connectivity index (χ0v) is 14.8. The van der Waals surface area contributed by atoms with Crippen LogP contribution in [0.25, 0.3) is 11.3 Å². The summed E-state index contributed by atoms with van der Waals surface area (Å²) in [5, 5.41) is 2.53. The minimum atomic E-state index is -2.98. The van der Waals surface area contributed by atoms with Gasteiger partial charge < -0.3 is 10.1 Å². The molecule has 0 saturated carbocycles. The maximum atomic E-state index is 14.2. The second-order valence-electron chi connectivity index (χ2n) is 5.82. The van der Waals surface area contributed by atoms with Gasteiger partial charge in [0.2, 0.25) is 5.88 Å². The number of halogens is 3. The second-order valence-corrected chi connectivity index (χ2v) is 5.82. The molecule has 0 radical (unpaired) electrons. The normalized spacial score (nSPS) is 10.6. The first kappa shape index (κ1) is 20.0. The maximum Gasteiger partial charge on any atom is 0.388 e. The van der Waals surface area contributed by atoms with Crippen LogP contribution in [0.2, 0.25) is 0 Å². The summed E-state index contributed by atoms with van der Waals surface area (Å²) < 4.78 is 42.6. The van der Waals surface area contributed by atoms with Crippen molar-refractivity contribution in [3.8, 4) is 17.1 Å². The predicted molar refractivity (Wildman–Crippen MR) is 97.1 cm³/mol. The van der Waals surface area contributed by atoms with Gasteiger partial charge in [-0.05, 0) is 35.9 Å². The van der Waals surface area contributed by atoms with Crippen molar-refractivity contribution in [3.63, 3.8) is 0 Å². The van der Waals surface area contributed by atoms with Crippen LogP contribution in [0, 0.1) is 5.82 Å². The van der Waals surface area contributed by atoms with Crippen molar-refractivity contribution in [1.29, 1.82) is 0 Å². The van der Waals surface area contributed by atoms with Crippen molar-refractivity contribution in [3.05, 3.63) is 77.4 Å². The summed E-state index contributed by atoms with van der Waals surface area (Å²) in [5.41, 5.74) is 1.33. The summed E-state index contributed by atoms with van der Waals surface area (Å²) in [6, 6.07) is 9.68. The van der Waals surface area contributed by atoms with Gasteiger partial charge in [-0.3, -0.25) is 14.6 Å². The number of rotatable bonds is 7. The van der Waals surface area contributed by atoms with Crippen LogP contribution in [0.5, 0.6) is 5.88 Å². The topological polar surface area (TPSA) is 81.2 Å². The van der Waals surface area contributed by atoms with E-state index >= 15 is 0 Å². The van der Waals surface area contributed by atoms with Gasteiger partial charge in [0.25, 0.3) is 5.91 Å². The molecule has 2 aromatic heterocycles.